The minimum absolute atomic E-state index is 0.361. The van der Waals surface area contributed by atoms with Crippen LogP contribution in [0.25, 0.3) is 0 Å². The molecule has 1 rings (SSSR count). The Labute approximate surface area is 108 Å². The summed E-state index contributed by atoms with van der Waals surface area (Å²) in [6.45, 7) is 2.07. The Bertz CT molecular complexity index is 417. The average Bonchev–Trinajstić information content (AvgIpc) is 2.37. The molecule has 1 N–H and O–H groups in total. The summed E-state index contributed by atoms with van der Waals surface area (Å²) in [6, 6.07) is 7.09. The third-order valence-corrected chi connectivity index (χ3v) is 2.67. The fourth-order valence-corrected chi connectivity index (χ4v) is 1.65. The first-order valence-corrected chi connectivity index (χ1v) is 5.78. The topological polar surface area (TPSA) is 55.4 Å². The van der Waals surface area contributed by atoms with Crippen molar-refractivity contribution in [3.8, 4) is 0 Å². The number of carbonyl (C=O) groups excluding carboxylic acids is 2. The molecule has 0 aromatic heterocycles. The van der Waals surface area contributed by atoms with Crippen molar-refractivity contribution in [2.75, 3.05) is 7.11 Å². The first-order chi connectivity index (χ1) is 8.56. The predicted octanol–water partition coefficient (Wildman–Crippen LogP) is 1.21. The maximum Gasteiger partial charge on any atom is 0.328 e. The van der Waals surface area contributed by atoms with Crippen LogP contribution in [0.2, 0.25) is 0 Å². The van der Waals surface area contributed by atoms with Crippen LogP contribution in [-0.2, 0) is 22.4 Å². The number of esters is 1. The van der Waals surface area contributed by atoms with Gasteiger partial charge >= 0.3 is 5.97 Å². The lowest BCUT2D eigenvalue weighted by molar-refractivity contribution is -0.142. The number of carbonyl (C=O) groups is 2. The van der Waals surface area contributed by atoms with E-state index in [0.29, 0.717) is 6.42 Å². The van der Waals surface area contributed by atoms with Gasteiger partial charge in [0.05, 0.1) is 7.11 Å². The molecule has 18 heavy (non-hydrogen) atoms. The fourth-order valence-electron chi connectivity index (χ4n) is 1.65. The Morgan fingerprint density at radius 2 is 1.83 bits per heavy atom. The van der Waals surface area contributed by atoms with E-state index in [1.54, 1.807) is 0 Å². The van der Waals surface area contributed by atoms with E-state index in [4.69, 9.17) is 7.85 Å². The van der Waals surface area contributed by atoms with Crippen LogP contribution in [-0.4, -0.2) is 32.8 Å². The number of rotatable bonds is 5. The van der Waals surface area contributed by atoms with Crippen LogP contribution in [0.5, 0.6) is 0 Å². The Kier molecular flexibility index (Phi) is 5.43. The number of aryl methyl sites for hydroxylation is 1. The van der Waals surface area contributed by atoms with Crippen molar-refractivity contribution in [1.82, 2.24) is 5.32 Å². The summed E-state index contributed by atoms with van der Waals surface area (Å²) < 4.78 is 4.62. The first-order valence-electron chi connectivity index (χ1n) is 5.78. The third-order valence-electron chi connectivity index (χ3n) is 2.67. The molecule has 0 saturated heterocycles. The number of amides is 1. The first kappa shape index (κ1) is 14.3. The van der Waals surface area contributed by atoms with Gasteiger partial charge in [-0.1, -0.05) is 31.2 Å². The molecule has 1 amide bonds. The molecule has 94 valence electrons. The van der Waals surface area contributed by atoms with Gasteiger partial charge in [-0.05, 0) is 17.5 Å². The second kappa shape index (κ2) is 6.84. The smallest absolute Gasteiger partial charge is 0.328 e. The van der Waals surface area contributed by atoms with E-state index in [1.807, 2.05) is 24.3 Å². The van der Waals surface area contributed by atoms with Gasteiger partial charge in [-0.3, -0.25) is 4.79 Å². The number of nitrogens with one attached hydrogen (secondary N) is 1. The lowest BCUT2D eigenvalue weighted by atomic mass is 10.0. The molecule has 0 heterocycles. The highest BCUT2D eigenvalue weighted by molar-refractivity contribution is 6.57. The Balaban J connectivity index is 2.75. The average molecular weight is 245 g/mol. The third kappa shape index (κ3) is 4.24. The van der Waals surface area contributed by atoms with Gasteiger partial charge in [-0.25, -0.2) is 4.79 Å². The van der Waals surface area contributed by atoms with Gasteiger partial charge in [0.2, 0.25) is 7.85 Å². The molecule has 0 aliphatic rings. The summed E-state index contributed by atoms with van der Waals surface area (Å²) in [5.41, 5.74) is 2.16. The number of benzene rings is 1. The molecule has 0 aliphatic heterocycles. The summed E-state index contributed by atoms with van der Waals surface area (Å²) >= 11 is 0. The van der Waals surface area contributed by atoms with Crippen LogP contribution >= 0.6 is 0 Å². The molecule has 5 heteroatoms. The minimum Gasteiger partial charge on any atom is -0.467 e. The van der Waals surface area contributed by atoms with Crippen molar-refractivity contribution >= 4 is 19.6 Å². The largest absolute Gasteiger partial charge is 0.467 e. The highest BCUT2D eigenvalue weighted by Gasteiger charge is 2.20. The van der Waals surface area contributed by atoms with Gasteiger partial charge in [0.25, 0.3) is 0 Å². The van der Waals surface area contributed by atoms with E-state index in [-0.39, 0.29) is 0 Å². The maximum absolute atomic E-state index is 11.5. The van der Waals surface area contributed by atoms with E-state index in [0.717, 1.165) is 12.0 Å². The molecular formula is C13H16BNO3. The van der Waals surface area contributed by atoms with Crippen molar-refractivity contribution in [3.05, 3.63) is 35.4 Å². The predicted molar refractivity (Wildman–Crippen MR) is 69.6 cm³/mol. The van der Waals surface area contributed by atoms with E-state index < -0.39 is 17.8 Å². The monoisotopic (exact) mass is 245 g/mol. The Hall–Kier alpha value is -1.78. The van der Waals surface area contributed by atoms with Crippen molar-refractivity contribution in [3.63, 3.8) is 0 Å². The molecule has 1 aromatic rings. The molecule has 1 atom stereocenters. The number of methoxy groups -OCH3 is 1. The zero-order valence-electron chi connectivity index (χ0n) is 10.6. The lowest BCUT2D eigenvalue weighted by Gasteiger charge is -2.15. The highest BCUT2D eigenvalue weighted by Crippen LogP contribution is 2.08. The van der Waals surface area contributed by atoms with Gasteiger partial charge in [0, 0.05) is 6.42 Å². The zero-order chi connectivity index (χ0) is 13.5. The Morgan fingerprint density at radius 3 is 2.28 bits per heavy atom. The van der Waals surface area contributed by atoms with Crippen LogP contribution in [0, 0.1) is 0 Å². The normalized spacial score (nSPS) is 11.7. The zero-order valence-corrected chi connectivity index (χ0v) is 10.6. The molecule has 0 saturated carbocycles. The second-order valence-electron chi connectivity index (χ2n) is 3.96. The molecule has 0 spiro atoms. The SMILES string of the molecule is [B]C(=O)NC(Cc1ccc(CC)cc1)C(=O)OC. The van der Waals surface area contributed by atoms with Gasteiger partial charge in [0.15, 0.2) is 5.81 Å². The van der Waals surface area contributed by atoms with Crippen molar-refractivity contribution in [2.45, 2.75) is 25.8 Å². The van der Waals surface area contributed by atoms with Gasteiger partial charge in [-0.15, -0.1) is 0 Å². The second-order valence-corrected chi connectivity index (χ2v) is 3.96. The van der Waals surface area contributed by atoms with Crippen molar-refractivity contribution < 1.29 is 14.3 Å². The van der Waals surface area contributed by atoms with E-state index in [2.05, 4.69) is 17.0 Å². The molecular weight excluding hydrogens is 229 g/mol. The summed E-state index contributed by atoms with van der Waals surface area (Å²) in [6.07, 6.45) is 1.32. The van der Waals surface area contributed by atoms with Crippen LogP contribution in [0.3, 0.4) is 0 Å². The van der Waals surface area contributed by atoms with E-state index in [1.165, 1.54) is 12.7 Å². The van der Waals surface area contributed by atoms with Gasteiger partial charge < -0.3 is 10.1 Å². The molecule has 0 fully saturated rings. The summed E-state index contributed by atoms with van der Waals surface area (Å²) in [7, 11) is 6.30. The minimum atomic E-state index is -0.750. The van der Waals surface area contributed by atoms with E-state index >= 15 is 0 Å². The Morgan fingerprint density at radius 1 is 1.28 bits per heavy atom. The summed E-state index contributed by atoms with van der Waals surface area (Å²) in [4.78, 5) is 22.3. The highest BCUT2D eigenvalue weighted by atomic mass is 16.5. The molecule has 0 bridgehead atoms. The van der Waals surface area contributed by atoms with Crippen molar-refractivity contribution in [1.29, 1.82) is 0 Å². The quantitative estimate of drug-likeness (QED) is 0.626. The number of hydrogen-bond acceptors (Lipinski definition) is 3. The standard InChI is InChI=1S/C13H16BNO3/c1-3-9-4-6-10(7-5-9)8-11(12(16)18-2)15-13(14)17/h4-7,11H,3,8H2,1-2H3,(H,15,17). The molecule has 0 aliphatic carbocycles. The summed E-state index contributed by atoms with van der Waals surface area (Å²) in [5.74, 6) is -1.25. The maximum atomic E-state index is 11.5. The molecule has 1 aromatic carbocycles. The molecule has 4 nitrogen and oxygen atoms in total. The molecule has 2 radical (unpaired) electrons. The molecule has 1 unspecified atom stereocenters. The lowest BCUT2D eigenvalue weighted by Crippen LogP contribution is -2.42. The van der Waals surface area contributed by atoms with Crippen LogP contribution in [0.4, 0.5) is 4.79 Å². The van der Waals surface area contributed by atoms with Gasteiger partial charge in [0.1, 0.15) is 6.04 Å². The summed E-state index contributed by atoms with van der Waals surface area (Å²) in [5, 5.41) is 2.37. The number of hydrogen-bond donors (Lipinski definition) is 1. The van der Waals surface area contributed by atoms with Crippen LogP contribution in [0.1, 0.15) is 18.1 Å². The van der Waals surface area contributed by atoms with Gasteiger partial charge in [-0.2, -0.15) is 0 Å². The van der Waals surface area contributed by atoms with E-state index in [9.17, 15) is 9.59 Å². The van der Waals surface area contributed by atoms with Crippen LogP contribution in [0.15, 0.2) is 24.3 Å². The number of ether oxygens (including phenoxy) is 1. The van der Waals surface area contributed by atoms with Crippen molar-refractivity contribution in [2.24, 2.45) is 0 Å². The fraction of sp³-hybridized carbons (Fsp3) is 0.385. The van der Waals surface area contributed by atoms with Crippen LogP contribution < -0.4 is 5.32 Å².